The van der Waals surface area contributed by atoms with Gasteiger partial charge in [-0.3, -0.25) is 4.79 Å². The highest BCUT2D eigenvalue weighted by Gasteiger charge is 2.00. The van der Waals surface area contributed by atoms with Crippen molar-refractivity contribution in [3.63, 3.8) is 0 Å². The number of carbonyl (C=O) groups excluding carboxylic acids is 1. The quantitative estimate of drug-likeness (QED) is 0.863. The highest BCUT2D eigenvalue weighted by molar-refractivity contribution is 5.92. The first-order chi connectivity index (χ1) is 9.19. The minimum Gasteiger partial charge on any atom is -0.489 e. The van der Waals surface area contributed by atoms with Crippen LogP contribution in [0, 0.1) is 0 Å². The van der Waals surface area contributed by atoms with Gasteiger partial charge in [0.15, 0.2) is 0 Å². The Labute approximate surface area is 112 Å². The van der Waals surface area contributed by atoms with Crippen LogP contribution in [-0.2, 0) is 6.61 Å². The molecule has 0 atom stereocenters. The minimum absolute atomic E-state index is 0.421. The van der Waals surface area contributed by atoms with Crippen LogP contribution in [0.2, 0.25) is 0 Å². The van der Waals surface area contributed by atoms with Crippen molar-refractivity contribution >= 4 is 11.6 Å². The molecule has 0 radical (unpaired) electrons. The van der Waals surface area contributed by atoms with E-state index in [9.17, 15) is 4.79 Å². The van der Waals surface area contributed by atoms with E-state index in [1.165, 1.54) is 0 Å². The summed E-state index contributed by atoms with van der Waals surface area (Å²) in [5.74, 6) is 0.383. The summed E-state index contributed by atoms with van der Waals surface area (Å²) in [6.07, 6.45) is 0. The summed E-state index contributed by atoms with van der Waals surface area (Å²) < 4.78 is 5.65. The van der Waals surface area contributed by atoms with Crippen molar-refractivity contribution in [2.45, 2.75) is 6.61 Å². The largest absolute Gasteiger partial charge is 0.489 e. The number of primary amides is 1. The summed E-state index contributed by atoms with van der Waals surface area (Å²) in [5.41, 5.74) is 7.71. The lowest BCUT2D eigenvalue weighted by Gasteiger charge is -2.07. The predicted octanol–water partition coefficient (Wildman–Crippen LogP) is 2.41. The SMILES string of the molecule is CNc1ccc(OCc2ccc(C(N)=O)cc2)cc1. The van der Waals surface area contributed by atoms with Crippen LogP contribution in [0.5, 0.6) is 5.75 Å². The Morgan fingerprint density at radius 2 is 1.74 bits per heavy atom. The minimum atomic E-state index is -0.421. The average Bonchev–Trinajstić information content (AvgIpc) is 2.46. The Morgan fingerprint density at radius 1 is 1.11 bits per heavy atom. The summed E-state index contributed by atoms with van der Waals surface area (Å²) in [4.78, 5) is 10.9. The summed E-state index contributed by atoms with van der Waals surface area (Å²) in [7, 11) is 1.87. The predicted molar refractivity (Wildman–Crippen MR) is 75.3 cm³/mol. The zero-order valence-electron chi connectivity index (χ0n) is 10.7. The first-order valence-corrected chi connectivity index (χ1v) is 5.98. The maximum Gasteiger partial charge on any atom is 0.248 e. The highest BCUT2D eigenvalue weighted by Crippen LogP contribution is 2.16. The number of anilines is 1. The summed E-state index contributed by atoms with van der Waals surface area (Å²) in [5, 5.41) is 3.05. The van der Waals surface area contributed by atoms with E-state index >= 15 is 0 Å². The van der Waals surface area contributed by atoms with Crippen molar-refractivity contribution in [3.05, 3.63) is 59.7 Å². The van der Waals surface area contributed by atoms with Gasteiger partial charge in [-0.1, -0.05) is 12.1 Å². The molecule has 0 aromatic heterocycles. The molecule has 4 heteroatoms. The van der Waals surface area contributed by atoms with E-state index in [1.807, 2.05) is 43.4 Å². The zero-order valence-corrected chi connectivity index (χ0v) is 10.7. The van der Waals surface area contributed by atoms with Gasteiger partial charge in [0.05, 0.1) is 0 Å². The maximum atomic E-state index is 10.9. The third-order valence-electron chi connectivity index (χ3n) is 2.79. The van der Waals surface area contributed by atoms with Crippen LogP contribution in [0.4, 0.5) is 5.69 Å². The zero-order chi connectivity index (χ0) is 13.7. The fourth-order valence-corrected chi connectivity index (χ4v) is 1.65. The second-order valence-corrected chi connectivity index (χ2v) is 4.12. The molecule has 19 heavy (non-hydrogen) atoms. The van der Waals surface area contributed by atoms with E-state index in [2.05, 4.69) is 5.32 Å². The van der Waals surface area contributed by atoms with Crippen LogP contribution in [0.3, 0.4) is 0 Å². The molecule has 0 unspecified atom stereocenters. The molecule has 0 heterocycles. The molecule has 0 bridgehead atoms. The molecule has 3 N–H and O–H groups in total. The molecule has 0 aliphatic carbocycles. The molecule has 0 fully saturated rings. The normalized spacial score (nSPS) is 9.95. The van der Waals surface area contributed by atoms with Gasteiger partial charge in [-0.15, -0.1) is 0 Å². The Morgan fingerprint density at radius 3 is 2.26 bits per heavy atom. The summed E-state index contributed by atoms with van der Waals surface area (Å²) in [6, 6.07) is 14.8. The topological polar surface area (TPSA) is 64.3 Å². The number of nitrogens with two attached hydrogens (primary N) is 1. The summed E-state index contributed by atoms with van der Waals surface area (Å²) >= 11 is 0. The average molecular weight is 256 g/mol. The number of benzene rings is 2. The van der Waals surface area contributed by atoms with Crippen LogP contribution in [-0.4, -0.2) is 13.0 Å². The lowest BCUT2D eigenvalue weighted by molar-refractivity contribution is 0.1000. The van der Waals surface area contributed by atoms with E-state index in [1.54, 1.807) is 12.1 Å². The molecule has 2 aromatic carbocycles. The molecule has 0 spiro atoms. The number of ether oxygens (including phenoxy) is 1. The van der Waals surface area contributed by atoms with Gasteiger partial charge in [0.25, 0.3) is 0 Å². The lowest BCUT2D eigenvalue weighted by Crippen LogP contribution is -2.10. The van der Waals surface area contributed by atoms with Crippen molar-refractivity contribution in [1.29, 1.82) is 0 Å². The number of carbonyl (C=O) groups is 1. The van der Waals surface area contributed by atoms with E-state index in [4.69, 9.17) is 10.5 Å². The van der Waals surface area contributed by atoms with Crippen LogP contribution >= 0.6 is 0 Å². The number of hydrogen-bond donors (Lipinski definition) is 2. The number of nitrogens with one attached hydrogen (secondary N) is 1. The Bertz CT molecular complexity index is 547. The van der Waals surface area contributed by atoms with Crippen molar-refractivity contribution in [2.24, 2.45) is 5.73 Å². The molecule has 2 aromatic rings. The Kier molecular flexibility index (Phi) is 4.03. The van der Waals surface area contributed by atoms with Gasteiger partial charge in [-0.25, -0.2) is 0 Å². The number of amides is 1. The fourth-order valence-electron chi connectivity index (χ4n) is 1.65. The third-order valence-corrected chi connectivity index (χ3v) is 2.79. The molecule has 0 aliphatic heterocycles. The Hall–Kier alpha value is -2.49. The van der Waals surface area contributed by atoms with Gasteiger partial charge in [0.1, 0.15) is 12.4 Å². The van der Waals surface area contributed by atoms with Gasteiger partial charge in [-0.2, -0.15) is 0 Å². The second kappa shape index (κ2) is 5.91. The van der Waals surface area contributed by atoms with Crippen molar-refractivity contribution in [3.8, 4) is 5.75 Å². The standard InChI is InChI=1S/C15H16N2O2/c1-17-13-6-8-14(9-7-13)19-10-11-2-4-12(5-3-11)15(16)18/h2-9,17H,10H2,1H3,(H2,16,18). The molecule has 2 rings (SSSR count). The third kappa shape index (κ3) is 3.48. The van der Waals surface area contributed by atoms with E-state index < -0.39 is 5.91 Å². The first-order valence-electron chi connectivity index (χ1n) is 5.98. The van der Waals surface area contributed by atoms with Crippen molar-refractivity contribution in [1.82, 2.24) is 0 Å². The van der Waals surface area contributed by atoms with Crippen LogP contribution in [0.25, 0.3) is 0 Å². The molecule has 0 aliphatic rings. The second-order valence-electron chi connectivity index (χ2n) is 4.12. The number of rotatable bonds is 5. The van der Waals surface area contributed by atoms with Gasteiger partial charge in [0, 0.05) is 18.3 Å². The van der Waals surface area contributed by atoms with E-state index in [0.717, 1.165) is 17.0 Å². The van der Waals surface area contributed by atoms with Gasteiger partial charge < -0.3 is 15.8 Å². The van der Waals surface area contributed by atoms with E-state index in [0.29, 0.717) is 12.2 Å². The van der Waals surface area contributed by atoms with Gasteiger partial charge in [0.2, 0.25) is 5.91 Å². The molecule has 98 valence electrons. The Balaban J connectivity index is 1.95. The van der Waals surface area contributed by atoms with Crippen molar-refractivity contribution < 1.29 is 9.53 Å². The fraction of sp³-hybridized carbons (Fsp3) is 0.133. The molecule has 1 amide bonds. The van der Waals surface area contributed by atoms with Gasteiger partial charge >= 0.3 is 0 Å². The van der Waals surface area contributed by atoms with Crippen LogP contribution < -0.4 is 15.8 Å². The monoisotopic (exact) mass is 256 g/mol. The molecule has 4 nitrogen and oxygen atoms in total. The molecule has 0 saturated heterocycles. The van der Waals surface area contributed by atoms with Crippen LogP contribution in [0.1, 0.15) is 15.9 Å². The smallest absolute Gasteiger partial charge is 0.248 e. The van der Waals surface area contributed by atoms with Crippen molar-refractivity contribution in [2.75, 3.05) is 12.4 Å². The van der Waals surface area contributed by atoms with E-state index in [-0.39, 0.29) is 0 Å². The van der Waals surface area contributed by atoms with Crippen LogP contribution in [0.15, 0.2) is 48.5 Å². The molecule has 0 saturated carbocycles. The number of hydrogen-bond acceptors (Lipinski definition) is 3. The van der Waals surface area contributed by atoms with Gasteiger partial charge in [-0.05, 0) is 42.0 Å². The first kappa shape index (κ1) is 13.0. The highest BCUT2D eigenvalue weighted by atomic mass is 16.5. The lowest BCUT2D eigenvalue weighted by atomic mass is 10.1. The molecular formula is C15H16N2O2. The molecular weight excluding hydrogens is 240 g/mol. The summed E-state index contributed by atoms with van der Waals surface area (Å²) in [6.45, 7) is 0.456. The maximum absolute atomic E-state index is 10.9.